The minimum Gasteiger partial charge on any atom is -0.481 e. The van der Waals surface area contributed by atoms with E-state index in [9.17, 15) is 18.8 Å². The summed E-state index contributed by atoms with van der Waals surface area (Å²) in [7, 11) is 0. The van der Waals surface area contributed by atoms with E-state index in [-0.39, 0.29) is 31.5 Å². The van der Waals surface area contributed by atoms with Gasteiger partial charge in [0.25, 0.3) is 5.91 Å². The summed E-state index contributed by atoms with van der Waals surface area (Å²) in [5, 5.41) is 17.2. The summed E-state index contributed by atoms with van der Waals surface area (Å²) in [4.78, 5) is 34.3. The van der Waals surface area contributed by atoms with E-state index in [0.717, 1.165) is 11.0 Å². The first-order valence-electron chi connectivity index (χ1n) is 5.88. The van der Waals surface area contributed by atoms with E-state index in [1.807, 2.05) is 0 Å². The molecule has 20 heavy (non-hydrogen) atoms. The van der Waals surface area contributed by atoms with E-state index in [1.54, 1.807) is 0 Å². The van der Waals surface area contributed by atoms with Crippen molar-refractivity contribution in [2.75, 3.05) is 13.1 Å². The van der Waals surface area contributed by atoms with Crippen molar-refractivity contribution in [3.63, 3.8) is 0 Å². The number of hydrogen-bond acceptors (Lipinski definition) is 3. The Labute approximate surface area is 114 Å². The first kappa shape index (κ1) is 15.6. The van der Waals surface area contributed by atoms with Gasteiger partial charge < -0.3 is 15.1 Å². The smallest absolute Gasteiger partial charge is 0.305 e. The molecule has 0 spiro atoms. The first-order chi connectivity index (χ1) is 9.40. The van der Waals surface area contributed by atoms with E-state index in [1.165, 1.54) is 18.2 Å². The lowest BCUT2D eigenvalue weighted by Gasteiger charge is -2.21. The highest BCUT2D eigenvalue weighted by molar-refractivity contribution is 5.94. The number of carboxylic acids is 2. The molecule has 108 valence electrons. The standard InChI is InChI=1S/C13H14FNO5/c14-10-3-1-2-9(8-10)13(20)15(6-4-11(16)17)7-5-12(18)19/h1-3,8H,4-7H2,(H,16,17)(H,18,19). The fourth-order valence-corrected chi connectivity index (χ4v) is 1.58. The van der Waals surface area contributed by atoms with Crippen LogP contribution in [0.25, 0.3) is 0 Å². The van der Waals surface area contributed by atoms with Crippen molar-refractivity contribution in [3.8, 4) is 0 Å². The summed E-state index contributed by atoms with van der Waals surface area (Å²) in [6, 6.07) is 4.95. The van der Waals surface area contributed by atoms with Crippen molar-refractivity contribution in [2.45, 2.75) is 12.8 Å². The number of halogens is 1. The SMILES string of the molecule is O=C(O)CCN(CCC(=O)O)C(=O)c1cccc(F)c1. The highest BCUT2D eigenvalue weighted by Gasteiger charge is 2.18. The molecule has 0 bridgehead atoms. The van der Waals surface area contributed by atoms with E-state index in [0.29, 0.717) is 0 Å². The molecule has 0 saturated carbocycles. The fourth-order valence-electron chi connectivity index (χ4n) is 1.58. The second kappa shape index (κ2) is 7.22. The van der Waals surface area contributed by atoms with E-state index < -0.39 is 23.7 Å². The molecule has 0 aliphatic carbocycles. The second-order valence-electron chi connectivity index (χ2n) is 4.09. The maximum Gasteiger partial charge on any atom is 0.305 e. The Hall–Kier alpha value is -2.44. The predicted molar refractivity (Wildman–Crippen MR) is 66.8 cm³/mol. The van der Waals surface area contributed by atoms with Gasteiger partial charge in [-0.1, -0.05) is 6.07 Å². The lowest BCUT2D eigenvalue weighted by Crippen LogP contribution is -2.35. The van der Waals surface area contributed by atoms with Crippen LogP contribution < -0.4 is 0 Å². The quantitative estimate of drug-likeness (QED) is 0.784. The molecule has 0 fully saturated rings. The van der Waals surface area contributed by atoms with Crippen molar-refractivity contribution < 1.29 is 29.0 Å². The fraction of sp³-hybridized carbons (Fsp3) is 0.308. The van der Waals surface area contributed by atoms with Crippen LogP contribution in [0.1, 0.15) is 23.2 Å². The summed E-state index contributed by atoms with van der Waals surface area (Å²) in [6.07, 6.45) is -0.610. The van der Waals surface area contributed by atoms with Crippen molar-refractivity contribution in [2.24, 2.45) is 0 Å². The van der Waals surface area contributed by atoms with Gasteiger partial charge in [-0.2, -0.15) is 0 Å². The molecule has 0 atom stereocenters. The number of benzene rings is 1. The summed E-state index contributed by atoms with van der Waals surface area (Å²) in [6.45, 7) is -0.254. The average Bonchev–Trinajstić information content (AvgIpc) is 2.37. The molecule has 1 aromatic carbocycles. The molecule has 1 aromatic rings. The molecule has 2 N–H and O–H groups in total. The minimum atomic E-state index is -1.10. The Kier molecular flexibility index (Phi) is 5.64. The summed E-state index contributed by atoms with van der Waals surface area (Å²) < 4.78 is 13.1. The molecule has 7 heteroatoms. The molecule has 1 rings (SSSR count). The van der Waals surface area contributed by atoms with Crippen LogP contribution in [0, 0.1) is 5.82 Å². The molecular formula is C13H14FNO5. The lowest BCUT2D eigenvalue weighted by molar-refractivity contribution is -0.137. The van der Waals surface area contributed by atoms with E-state index in [2.05, 4.69) is 0 Å². The molecule has 6 nitrogen and oxygen atoms in total. The van der Waals surface area contributed by atoms with Crippen LogP contribution in [-0.4, -0.2) is 46.0 Å². The number of nitrogens with zero attached hydrogens (tertiary/aromatic N) is 1. The van der Waals surface area contributed by atoms with Crippen LogP contribution >= 0.6 is 0 Å². The molecule has 1 amide bonds. The highest BCUT2D eigenvalue weighted by atomic mass is 19.1. The third-order valence-corrected chi connectivity index (χ3v) is 2.55. The van der Waals surface area contributed by atoms with Gasteiger partial charge in [0, 0.05) is 18.7 Å². The molecule has 0 aliphatic heterocycles. The van der Waals surface area contributed by atoms with Crippen molar-refractivity contribution in [3.05, 3.63) is 35.6 Å². The zero-order valence-corrected chi connectivity index (χ0v) is 10.6. The number of carbonyl (C=O) groups is 3. The molecule has 0 aromatic heterocycles. The molecule has 0 aliphatic rings. The number of carbonyl (C=O) groups excluding carboxylic acids is 1. The van der Waals surface area contributed by atoms with Crippen LogP contribution in [-0.2, 0) is 9.59 Å². The minimum absolute atomic E-state index is 0.0563. The number of amides is 1. The Balaban J connectivity index is 2.81. The van der Waals surface area contributed by atoms with Crippen molar-refractivity contribution in [1.29, 1.82) is 0 Å². The van der Waals surface area contributed by atoms with Gasteiger partial charge in [-0.15, -0.1) is 0 Å². The van der Waals surface area contributed by atoms with Crippen LogP contribution in [0.15, 0.2) is 24.3 Å². The third-order valence-electron chi connectivity index (χ3n) is 2.55. The molecule has 0 heterocycles. The maximum atomic E-state index is 13.1. The van der Waals surface area contributed by atoms with Crippen LogP contribution in [0.3, 0.4) is 0 Å². The van der Waals surface area contributed by atoms with Crippen LogP contribution in [0.5, 0.6) is 0 Å². The topological polar surface area (TPSA) is 94.9 Å². The first-order valence-corrected chi connectivity index (χ1v) is 5.88. The van der Waals surface area contributed by atoms with Gasteiger partial charge in [-0.3, -0.25) is 14.4 Å². The Bertz CT molecular complexity index is 499. The second-order valence-corrected chi connectivity index (χ2v) is 4.09. The molecule has 0 unspecified atom stereocenters. The highest BCUT2D eigenvalue weighted by Crippen LogP contribution is 2.09. The van der Waals surface area contributed by atoms with Gasteiger partial charge in [-0.25, -0.2) is 4.39 Å². The Morgan fingerprint density at radius 2 is 1.60 bits per heavy atom. The average molecular weight is 283 g/mol. The zero-order chi connectivity index (χ0) is 15.1. The molecular weight excluding hydrogens is 269 g/mol. The molecule has 0 saturated heterocycles. The van der Waals surface area contributed by atoms with Gasteiger partial charge in [0.15, 0.2) is 0 Å². The van der Waals surface area contributed by atoms with Gasteiger partial charge in [0.05, 0.1) is 12.8 Å². The number of hydrogen-bond donors (Lipinski definition) is 2. The normalized spacial score (nSPS) is 10.1. The lowest BCUT2D eigenvalue weighted by atomic mass is 10.2. The van der Waals surface area contributed by atoms with Crippen LogP contribution in [0.4, 0.5) is 4.39 Å². The number of aliphatic carboxylic acids is 2. The Morgan fingerprint density at radius 3 is 2.05 bits per heavy atom. The van der Waals surface area contributed by atoms with Gasteiger partial charge >= 0.3 is 11.9 Å². The molecule has 0 radical (unpaired) electrons. The Morgan fingerprint density at radius 1 is 1.05 bits per heavy atom. The van der Waals surface area contributed by atoms with Gasteiger partial charge in [0.2, 0.25) is 0 Å². The van der Waals surface area contributed by atoms with Gasteiger partial charge in [0.1, 0.15) is 5.82 Å². The van der Waals surface area contributed by atoms with Crippen LogP contribution in [0.2, 0.25) is 0 Å². The summed E-state index contributed by atoms with van der Waals surface area (Å²) >= 11 is 0. The van der Waals surface area contributed by atoms with Crippen molar-refractivity contribution in [1.82, 2.24) is 4.90 Å². The zero-order valence-electron chi connectivity index (χ0n) is 10.6. The van der Waals surface area contributed by atoms with Gasteiger partial charge in [-0.05, 0) is 18.2 Å². The van der Waals surface area contributed by atoms with E-state index >= 15 is 0 Å². The number of rotatable bonds is 7. The van der Waals surface area contributed by atoms with Crippen molar-refractivity contribution >= 4 is 17.8 Å². The summed E-state index contributed by atoms with van der Waals surface area (Å²) in [5.74, 6) is -3.38. The largest absolute Gasteiger partial charge is 0.481 e. The summed E-state index contributed by atoms with van der Waals surface area (Å²) in [5.41, 5.74) is 0.0563. The monoisotopic (exact) mass is 283 g/mol. The maximum absolute atomic E-state index is 13.1. The number of carboxylic acid groups (broad SMARTS) is 2. The third kappa shape index (κ3) is 5.05. The predicted octanol–water partition coefficient (Wildman–Crippen LogP) is 1.22. The van der Waals surface area contributed by atoms with E-state index in [4.69, 9.17) is 10.2 Å².